The van der Waals surface area contributed by atoms with Crippen molar-refractivity contribution in [2.45, 2.75) is 18.8 Å². The number of nitrogens with zero attached hydrogens (tertiary/aromatic N) is 1. The molecule has 2 aromatic carbocycles. The average molecular weight is 327 g/mol. The maximum atomic E-state index is 14.3. The van der Waals surface area contributed by atoms with E-state index in [1.54, 1.807) is 18.2 Å². The van der Waals surface area contributed by atoms with E-state index >= 15 is 0 Å². The number of fused-ring (bicyclic) bond motifs is 1. The summed E-state index contributed by atoms with van der Waals surface area (Å²) < 4.78 is 26.5. The maximum absolute atomic E-state index is 14.3. The van der Waals surface area contributed by atoms with Gasteiger partial charge in [-0.3, -0.25) is 0 Å². The molecular formula is C20H22FNO2. The van der Waals surface area contributed by atoms with E-state index in [0.29, 0.717) is 18.7 Å². The molecule has 0 saturated carbocycles. The van der Waals surface area contributed by atoms with Gasteiger partial charge in [-0.25, -0.2) is 4.39 Å². The highest BCUT2D eigenvalue weighted by molar-refractivity contribution is 5.56. The molecule has 4 heteroatoms. The summed E-state index contributed by atoms with van der Waals surface area (Å²) in [5.41, 5.74) is 2.77. The summed E-state index contributed by atoms with van der Waals surface area (Å²) in [6.07, 6.45) is 1.06. The number of benzene rings is 2. The molecule has 0 N–H and O–H groups in total. The molecule has 0 bridgehead atoms. The second-order valence-electron chi connectivity index (χ2n) is 6.21. The predicted molar refractivity (Wildman–Crippen MR) is 93.4 cm³/mol. The minimum atomic E-state index is -0.390. The second-order valence-corrected chi connectivity index (χ2v) is 6.21. The second kappa shape index (κ2) is 7.16. The van der Waals surface area contributed by atoms with Gasteiger partial charge in [-0.15, -0.1) is 0 Å². The van der Waals surface area contributed by atoms with Gasteiger partial charge in [0.05, 0.1) is 6.61 Å². The van der Waals surface area contributed by atoms with Gasteiger partial charge >= 0.3 is 0 Å². The van der Waals surface area contributed by atoms with Crippen molar-refractivity contribution in [3.05, 3.63) is 71.6 Å². The highest BCUT2D eigenvalue weighted by Gasteiger charge is 2.33. The summed E-state index contributed by atoms with van der Waals surface area (Å²) in [6, 6.07) is 12.8. The fourth-order valence-electron chi connectivity index (χ4n) is 3.01. The van der Waals surface area contributed by atoms with Crippen LogP contribution in [0.25, 0.3) is 6.08 Å². The lowest BCUT2D eigenvalue weighted by Gasteiger charge is -2.35. The van der Waals surface area contributed by atoms with Crippen LogP contribution in [0.1, 0.15) is 22.8 Å². The van der Waals surface area contributed by atoms with E-state index in [9.17, 15) is 4.39 Å². The van der Waals surface area contributed by atoms with Gasteiger partial charge in [0, 0.05) is 17.7 Å². The standard InChI is InChI=1S/C20H22FNO2/c1-4-14-9-7-11-17(21)19(14)24-20-16-10-6-5-8-15(16)13-23-18(20)12-22(2)3/h4-11,18,20H,1,12-13H2,2-3H3/t18-,20-/m0/s1. The number of likely N-dealkylation sites (N-methyl/N-ethyl adjacent to an activating group) is 1. The van der Waals surface area contributed by atoms with Crippen molar-refractivity contribution in [3.8, 4) is 5.75 Å². The lowest BCUT2D eigenvalue weighted by molar-refractivity contribution is -0.0626. The molecular weight excluding hydrogens is 305 g/mol. The molecule has 2 aromatic rings. The van der Waals surface area contributed by atoms with Crippen LogP contribution in [0.2, 0.25) is 0 Å². The molecule has 0 unspecified atom stereocenters. The molecule has 0 aromatic heterocycles. The van der Waals surface area contributed by atoms with E-state index in [4.69, 9.17) is 9.47 Å². The van der Waals surface area contributed by atoms with Crippen molar-refractivity contribution in [2.24, 2.45) is 0 Å². The van der Waals surface area contributed by atoms with E-state index in [1.165, 1.54) is 6.07 Å². The minimum Gasteiger partial charge on any atom is -0.479 e. The zero-order valence-corrected chi connectivity index (χ0v) is 14.0. The molecule has 0 spiro atoms. The quantitative estimate of drug-likeness (QED) is 0.827. The van der Waals surface area contributed by atoms with Crippen molar-refractivity contribution in [2.75, 3.05) is 20.6 Å². The summed E-state index contributed by atoms with van der Waals surface area (Å²) in [5, 5.41) is 0. The average Bonchev–Trinajstić information content (AvgIpc) is 2.57. The van der Waals surface area contributed by atoms with E-state index in [-0.39, 0.29) is 23.8 Å². The van der Waals surface area contributed by atoms with Gasteiger partial charge in [-0.05, 0) is 25.7 Å². The zero-order valence-electron chi connectivity index (χ0n) is 14.0. The summed E-state index contributed by atoms with van der Waals surface area (Å²) in [6.45, 7) is 4.98. The normalized spacial score (nSPS) is 19.8. The fraction of sp³-hybridized carbons (Fsp3) is 0.300. The summed E-state index contributed by atoms with van der Waals surface area (Å²) in [4.78, 5) is 2.05. The van der Waals surface area contributed by atoms with Gasteiger partial charge in [-0.2, -0.15) is 0 Å². The Hall–Kier alpha value is -2.17. The van der Waals surface area contributed by atoms with Gasteiger partial charge in [0.15, 0.2) is 17.7 Å². The lowest BCUT2D eigenvalue weighted by atomic mass is 9.95. The van der Waals surface area contributed by atoms with Gasteiger partial charge in [0.2, 0.25) is 0 Å². The van der Waals surface area contributed by atoms with Crippen LogP contribution in [0, 0.1) is 5.82 Å². The van der Waals surface area contributed by atoms with Crippen LogP contribution in [0.3, 0.4) is 0 Å². The molecule has 126 valence electrons. The third-order valence-electron chi connectivity index (χ3n) is 4.16. The van der Waals surface area contributed by atoms with Crippen molar-refractivity contribution in [3.63, 3.8) is 0 Å². The number of ether oxygens (including phenoxy) is 2. The number of para-hydroxylation sites is 1. The van der Waals surface area contributed by atoms with Gasteiger partial charge in [0.25, 0.3) is 0 Å². The molecule has 0 fully saturated rings. The molecule has 3 rings (SSSR count). The molecule has 24 heavy (non-hydrogen) atoms. The fourth-order valence-corrected chi connectivity index (χ4v) is 3.01. The summed E-state index contributed by atoms with van der Waals surface area (Å²) in [7, 11) is 3.97. The van der Waals surface area contributed by atoms with Crippen LogP contribution in [0.4, 0.5) is 4.39 Å². The summed E-state index contributed by atoms with van der Waals surface area (Å²) in [5.74, 6) is -0.166. The third-order valence-corrected chi connectivity index (χ3v) is 4.16. The first kappa shape index (κ1) is 16.7. The Morgan fingerprint density at radius 3 is 2.79 bits per heavy atom. The zero-order chi connectivity index (χ0) is 17.1. The lowest BCUT2D eigenvalue weighted by Crippen LogP contribution is -2.39. The third kappa shape index (κ3) is 3.35. The number of hydrogen-bond donors (Lipinski definition) is 0. The van der Waals surface area contributed by atoms with Crippen LogP contribution in [-0.4, -0.2) is 31.6 Å². The highest BCUT2D eigenvalue weighted by atomic mass is 19.1. The van der Waals surface area contributed by atoms with Crippen LogP contribution >= 0.6 is 0 Å². The Morgan fingerprint density at radius 1 is 1.25 bits per heavy atom. The van der Waals surface area contributed by atoms with Crippen LogP contribution in [0.15, 0.2) is 49.0 Å². The van der Waals surface area contributed by atoms with E-state index in [0.717, 1.165) is 11.1 Å². The number of halogens is 1. The molecule has 1 aliphatic rings. The van der Waals surface area contributed by atoms with Crippen molar-refractivity contribution in [1.29, 1.82) is 0 Å². The first-order valence-corrected chi connectivity index (χ1v) is 8.02. The topological polar surface area (TPSA) is 21.7 Å². The van der Waals surface area contributed by atoms with Crippen molar-refractivity contribution >= 4 is 6.08 Å². The Morgan fingerprint density at radius 2 is 2.04 bits per heavy atom. The van der Waals surface area contributed by atoms with Gasteiger partial charge in [0.1, 0.15) is 6.10 Å². The van der Waals surface area contributed by atoms with Crippen LogP contribution < -0.4 is 4.74 Å². The molecule has 0 aliphatic carbocycles. The number of hydrogen-bond acceptors (Lipinski definition) is 3. The molecule has 0 radical (unpaired) electrons. The maximum Gasteiger partial charge on any atom is 0.165 e. The summed E-state index contributed by atoms with van der Waals surface area (Å²) >= 11 is 0. The van der Waals surface area contributed by atoms with Crippen molar-refractivity contribution in [1.82, 2.24) is 4.90 Å². The Labute approximate surface area is 142 Å². The molecule has 2 atom stereocenters. The largest absolute Gasteiger partial charge is 0.479 e. The van der Waals surface area contributed by atoms with E-state index < -0.39 is 0 Å². The van der Waals surface area contributed by atoms with Crippen molar-refractivity contribution < 1.29 is 13.9 Å². The molecule has 0 saturated heterocycles. The molecule has 0 amide bonds. The smallest absolute Gasteiger partial charge is 0.165 e. The first-order valence-electron chi connectivity index (χ1n) is 8.02. The van der Waals surface area contributed by atoms with Gasteiger partial charge in [-0.1, -0.05) is 49.1 Å². The molecule has 1 aliphatic heterocycles. The van der Waals surface area contributed by atoms with E-state index in [2.05, 4.69) is 6.58 Å². The highest BCUT2D eigenvalue weighted by Crippen LogP contribution is 2.36. The Kier molecular flexibility index (Phi) is 4.97. The predicted octanol–water partition coefficient (Wildman–Crippen LogP) is 4.05. The Balaban J connectivity index is 2.00. The minimum absolute atomic E-state index is 0.174. The van der Waals surface area contributed by atoms with Crippen LogP contribution in [0.5, 0.6) is 5.75 Å². The molecule has 1 heterocycles. The van der Waals surface area contributed by atoms with Gasteiger partial charge < -0.3 is 14.4 Å². The van der Waals surface area contributed by atoms with E-state index in [1.807, 2.05) is 43.3 Å². The SMILES string of the molecule is C=Cc1cccc(F)c1O[C@H]1c2ccccc2CO[C@H]1CN(C)C. The monoisotopic (exact) mass is 327 g/mol. The number of rotatable bonds is 5. The van der Waals surface area contributed by atoms with Crippen LogP contribution in [-0.2, 0) is 11.3 Å². The Bertz CT molecular complexity index is 729. The first-order chi connectivity index (χ1) is 11.6. The molecule has 3 nitrogen and oxygen atoms in total.